The van der Waals surface area contributed by atoms with Crippen molar-refractivity contribution in [2.45, 2.75) is 19.9 Å². The Hall–Kier alpha value is -1.88. The van der Waals surface area contributed by atoms with Crippen molar-refractivity contribution in [1.82, 2.24) is 14.5 Å². The van der Waals surface area contributed by atoms with Crippen molar-refractivity contribution in [2.24, 2.45) is 5.84 Å². The van der Waals surface area contributed by atoms with Gasteiger partial charge >= 0.3 is 0 Å². The normalized spacial score (nSPS) is 10.4. The lowest BCUT2D eigenvalue weighted by atomic mass is 10.2. The summed E-state index contributed by atoms with van der Waals surface area (Å²) < 4.78 is 2.12. The Labute approximate surface area is 94.3 Å². The molecule has 0 radical (unpaired) electrons. The second kappa shape index (κ2) is 4.76. The smallest absolute Gasteiger partial charge is 0.140 e. The standard InChI is InChI=1S/C11H15N5/c1-2-11-14-5-6-16(11)8-9-3-4-13-10(7-9)15-12/h3-7H,2,8,12H2,1H3,(H,13,15). The van der Waals surface area contributed by atoms with Crippen LogP contribution in [0.4, 0.5) is 5.82 Å². The molecule has 16 heavy (non-hydrogen) atoms. The van der Waals surface area contributed by atoms with Crippen molar-refractivity contribution < 1.29 is 0 Å². The maximum absolute atomic E-state index is 5.32. The van der Waals surface area contributed by atoms with E-state index in [-0.39, 0.29) is 0 Å². The fraction of sp³-hybridized carbons (Fsp3) is 0.273. The van der Waals surface area contributed by atoms with Crippen molar-refractivity contribution in [2.75, 3.05) is 5.43 Å². The minimum Gasteiger partial charge on any atom is -0.331 e. The van der Waals surface area contributed by atoms with Crippen molar-refractivity contribution >= 4 is 5.82 Å². The van der Waals surface area contributed by atoms with Crippen molar-refractivity contribution in [1.29, 1.82) is 0 Å². The molecule has 0 saturated carbocycles. The molecule has 5 nitrogen and oxygen atoms in total. The van der Waals surface area contributed by atoms with Crippen LogP contribution >= 0.6 is 0 Å². The number of rotatable bonds is 4. The van der Waals surface area contributed by atoms with E-state index in [9.17, 15) is 0 Å². The first-order valence-electron chi connectivity index (χ1n) is 5.25. The topological polar surface area (TPSA) is 68.8 Å². The molecule has 0 atom stereocenters. The lowest BCUT2D eigenvalue weighted by Crippen LogP contribution is -2.09. The Balaban J connectivity index is 2.20. The Bertz CT molecular complexity index is 463. The third-order valence-electron chi connectivity index (χ3n) is 2.44. The second-order valence-electron chi connectivity index (χ2n) is 3.52. The van der Waals surface area contributed by atoms with Crippen LogP contribution in [0.2, 0.25) is 0 Å². The Morgan fingerprint density at radius 3 is 3.00 bits per heavy atom. The van der Waals surface area contributed by atoms with E-state index in [0.29, 0.717) is 5.82 Å². The number of nitrogens with zero attached hydrogens (tertiary/aromatic N) is 3. The lowest BCUT2D eigenvalue weighted by molar-refractivity contribution is 0.731. The van der Waals surface area contributed by atoms with Gasteiger partial charge in [0, 0.05) is 31.6 Å². The summed E-state index contributed by atoms with van der Waals surface area (Å²) in [5, 5.41) is 0. The quantitative estimate of drug-likeness (QED) is 0.596. The van der Waals surface area contributed by atoms with Gasteiger partial charge in [-0.05, 0) is 17.7 Å². The van der Waals surface area contributed by atoms with E-state index in [2.05, 4.69) is 26.9 Å². The van der Waals surface area contributed by atoms with Gasteiger partial charge in [0.15, 0.2) is 0 Å². The summed E-state index contributed by atoms with van der Waals surface area (Å²) >= 11 is 0. The zero-order valence-electron chi connectivity index (χ0n) is 9.22. The zero-order valence-corrected chi connectivity index (χ0v) is 9.22. The number of hydrogen-bond donors (Lipinski definition) is 2. The molecule has 0 aliphatic carbocycles. The van der Waals surface area contributed by atoms with E-state index in [0.717, 1.165) is 24.4 Å². The van der Waals surface area contributed by atoms with Crippen LogP contribution in [0, 0.1) is 0 Å². The SMILES string of the molecule is CCc1nccn1Cc1ccnc(NN)c1. The highest BCUT2D eigenvalue weighted by Gasteiger charge is 2.02. The molecule has 84 valence electrons. The highest BCUT2D eigenvalue weighted by molar-refractivity contribution is 5.36. The van der Waals surface area contributed by atoms with Crippen LogP contribution in [0.25, 0.3) is 0 Å². The van der Waals surface area contributed by atoms with Crippen molar-refractivity contribution in [3.63, 3.8) is 0 Å². The first-order valence-corrected chi connectivity index (χ1v) is 5.25. The molecular weight excluding hydrogens is 202 g/mol. The van der Waals surface area contributed by atoms with Gasteiger partial charge in [-0.3, -0.25) is 0 Å². The number of aryl methyl sites for hydroxylation is 1. The summed E-state index contributed by atoms with van der Waals surface area (Å²) in [5.74, 6) is 7.08. The van der Waals surface area contributed by atoms with Crippen LogP contribution in [0.1, 0.15) is 18.3 Å². The summed E-state index contributed by atoms with van der Waals surface area (Å²) in [6.07, 6.45) is 6.48. The van der Waals surface area contributed by atoms with Gasteiger partial charge in [0.1, 0.15) is 11.6 Å². The maximum Gasteiger partial charge on any atom is 0.140 e. The van der Waals surface area contributed by atoms with Gasteiger partial charge in [0.05, 0.1) is 0 Å². The maximum atomic E-state index is 5.32. The third kappa shape index (κ3) is 2.20. The molecule has 2 aromatic rings. The molecule has 0 aliphatic heterocycles. The summed E-state index contributed by atoms with van der Waals surface area (Å²) in [5.41, 5.74) is 3.69. The molecule has 0 spiro atoms. The average molecular weight is 217 g/mol. The van der Waals surface area contributed by atoms with Gasteiger partial charge in [0.2, 0.25) is 0 Å². The van der Waals surface area contributed by atoms with Gasteiger partial charge in [-0.25, -0.2) is 15.8 Å². The van der Waals surface area contributed by atoms with E-state index < -0.39 is 0 Å². The summed E-state index contributed by atoms with van der Waals surface area (Å²) in [7, 11) is 0. The molecule has 0 bridgehead atoms. The zero-order chi connectivity index (χ0) is 11.4. The predicted octanol–water partition coefficient (Wildman–Crippen LogP) is 1.17. The molecule has 5 heteroatoms. The highest BCUT2D eigenvalue weighted by Crippen LogP contribution is 2.09. The van der Waals surface area contributed by atoms with Crippen LogP contribution in [0.3, 0.4) is 0 Å². The minimum absolute atomic E-state index is 0.677. The van der Waals surface area contributed by atoms with Gasteiger partial charge in [-0.15, -0.1) is 0 Å². The van der Waals surface area contributed by atoms with Crippen molar-refractivity contribution in [3.8, 4) is 0 Å². The van der Waals surface area contributed by atoms with E-state index in [1.54, 1.807) is 6.20 Å². The number of nitrogen functional groups attached to an aromatic ring is 1. The molecule has 0 saturated heterocycles. The minimum atomic E-state index is 0.677. The van der Waals surface area contributed by atoms with Crippen LogP contribution in [-0.2, 0) is 13.0 Å². The Kier molecular flexibility index (Phi) is 3.16. The van der Waals surface area contributed by atoms with Crippen LogP contribution < -0.4 is 11.3 Å². The largest absolute Gasteiger partial charge is 0.331 e. The number of aromatic nitrogens is 3. The van der Waals surface area contributed by atoms with E-state index in [1.165, 1.54) is 0 Å². The fourth-order valence-corrected chi connectivity index (χ4v) is 1.65. The van der Waals surface area contributed by atoms with Gasteiger partial charge in [0.25, 0.3) is 0 Å². The van der Waals surface area contributed by atoms with Crippen molar-refractivity contribution in [3.05, 3.63) is 42.1 Å². The second-order valence-corrected chi connectivity index (χ2v) is 3.52. The van der Waals surface area contributed by atoms with Gasteiger partial charge < -0.3 is 9.99 Å². The monoisotopic (exact) mass is 217 g/mol. The first-order chi connectivity index (χ1) is 7.83. The van der Waals surface area contributed by atoms with Crippen LogP contribution in [0.5, 0.6) is 0 Å². The molecule has 0 aromatic carbocycles. The summed E-state index contributed by atoms with van der Waals surface area (Å²) in [6.45, 7) is 2.89. The molecule has 2 aromatic heterocycles. The van der Waals surface area contributed by atoms with E-state index >= 15 is 0 Å². The molecule has 0 fully saturated rings. The molecular formula is C11H15N5. The number of nitrogens with one attached hydrogen (secondary N) is 1. The van der Waals surface area contributed by atoms with Crippen LogP contribution in [0.15, 0.2) is 30.7 Å². The summed E-state index contributed by atoms with van der Waals surface area (Å²) in [6, 6.07) is 3.90. The molecule has 0 aliphatic rings. The fourth-order valence-electron chi connectivity index (χ4n) is 1.65. The average Bonchev–Trinajstić information content (AvgIpc) is 2.76. The van der Waals surface area contributed by atoms with Gasteiger partial charge in [-0.1, -0.05) is 6.92 Å². The Morgan fingerprint density at radius 2 is 2.25 bits per heavy atom. The van der Waals surface area contributed by atoms with E-state index in [4.69, 9.17) is 5.84 Å². The highest BCUT2D eigenvalue weighted by atomic mass is 15.2. The molecule has 0 amide bonds. The van der Waals surface area contributed by atoms with Gasteiger partial charge in [-0.2, -0.15) is 0 Å². The first kappa shape index (κ1) is 10.6. The number of anilines is 1. The number of nitrogens with two attached hydrogens (primary N) is 1. The lowest BCUT2D eigenvalue weighted by Gasteiger charge is -2.07. The number of imidazole rings is 1. The Morgan fingerprint density at radius 1 is 1.38 bits per heavy atom. The number of pyridine rings is 1. The number of hydrogen-bond acceptors (Lipinski definition) is 4. The molecule has 3 N–H and O–H groups in total. The number of hydrazine groups is 1. The molecule has 2 heterocycles. The molecule has 2 rings (SSSR count). The summed E-state index contributed by atoms with van der Waals surface area (Å²) in [4.78, 5) is 8.35. The van der Waals surface area contributed by atoms with Crippen LogP contribution in [-0.4, -0.2) is 14.5 Å². The molecule has 0 unspecified atom stereocenters. The predicted molar refractivity (Wildman–Crippen MR) is 62.8 cm³/mol. The van der Waals surface area contributed by atoms with E-state index in [1.807, 2.05) is 24.5 Å². The third-order valence-corrected chi connectivity index (χ3v) is 2.44.